The lowest BCUT2D eigenvalue weighted by Crippen LogP contribution is -2.13. The maximum Gasteiger partial charge on any atom is 0.257 e. The second-order valence-corrected chi connectivity index (χ2v) is 3.49. The third-order valence-corrected chi connectivity index (χ3v) is 2.38. The molecule has 2 aromatic rings. The van der Waals surface area contributed by atoms with Crippen molar-refractivity contribution < 1.29 is 4.79 Å². The Balaban J connectivity index is 2.20. The van der Waals surface area contributed by atoms with E-state index in [9.17, 15) is 4.79 Å². The molecule has 1 amide bonds. The minimum Gasteiger partial charge on any atom is -0.387 e. The highest BCUT2D eigenvalue weighted by atomic mass is 16.1. The molecule has 0 saturated carbocycles. The van der Waals surface area contributed by atoms with Gasteiger partial charge in [0.15, 0.2) is 0 Å². The highest BCUT2D eigenvalue weighted by Gasteiger charge is 2.09. The summed E-state index contributed by atoms with van der Waals surface area (Å²) in [5, 5.41) is 5.80. The number of hydrogen-bond acceptors (Lipinski definition) is 3. The average Bonchev–Trinajstić information content (AvgIpc) is 2.40. The topological polar surface area (TPSA) is 54.0 Å². The van der Waals surface area contributed by atoms with Crippen LogP contribution in [0.3, 0.4) is 0 Å². The molecule has 0 saturated heterocycles. The van der Waals surface area contributed by atoms with Gasteiger partial charge in [-0.15, -0.1) is 0 Å². The Kier molecular flexibility index (Phi) is 3.35. The van der Waals surface area contributed by atoms with Crippen LogP contribution in [0.1, 0.15) is 10.4 Å². The molecular formula is C13H13N3O. The van der Waals surface area contributed by atoms with Crippen molar-refractivity contribution in [2.24, 2.45) is 0 Å². The molecule has 2 N–H and O–H groups in total. The van der Waals surface area contributed by atoms with Gasteiger partial charge in [-0.05, 0) is 24.3 Å². The van der Waals surface area contributed by atoms with Crippen molar-refractivity contribution in [3.05, 3.63) is 54.4 Å². The maximum absolute atomic E-state index is 12.0. The number of pyridine rings is 1. The predicted octanol–water partition coefficient (Wildman–Crippen LogP) is 2.38. The first kappa shape index (κ1) is 11.1. The summed E-state index contributed by atoms with van der Waals surface area (Å²) in [7, 11) is 1.79. The molecule has 4 nitrogen and oxygen atoms in total. The summed E-state index contributed by atoms with van der Waals surface area (Å²) < 4.78 is 0. The summed E-state index contributed by atoms with van der Waals surface area (Å²) >= 11 is 0. The SMILES string of the molecule is CNc1ccccc1C(=O)Nc1ccncc1. The molecule has 1 aromatic carbocycles. The number of rotatable bonds is 3. The second-order valence-electron chi connectivity index (χ2n) is 3.49. The Morgan fingerprint density at radius 1 is 1.12 bits per heavy atom. The molecule has 0 spiro atoms. The van der Waals surface area contributed by atoms with Crippen LogP contribution in [0.25, 0.3) is 0 Å². The van der Waals surface area contributed by atoms with Crippen molar-refractivity contribution in [1.29, 1.82) is 0 Å². The Morgan fingerprint density at radius 3 is 2.53 bits per heavy atom. The highest BCUT2D eigenvalue weighted by molar-refractivity contribution is 6.07. The van der Waals surface area contributed by atoms with Crippen molar-refractivity contribution in [3.8, 4) is 0 Å². The largest absolute Gasteiger partial charge is 0.387 e. The highest BCUT2D eigenvalue weighted by Crippen LogP contribution is 2.16. The number of amides is 1. The average molecular weight is 227 g/mol. The number of aromatic nitrogens is 1. The van der Waals surface area contributed by atoms with Gasteiger partial charge in [0, 0.05) is 30.8 Å². The smallest absolute Gasteiger partial charge is 0.257 e. The summed E-state index contributed by atoms with van der Waals surface area (Å²) in [5.41, 5.74) is 2.15. The monoisotopic (exact) mass is 227 g/mol. The van der Waals surface area contributed by atoms with Gasteiger partial charge in [0.2, 0.25) is 0 Å². The standard InChI is InChI=1S/C13H13N3O/c1-14-12-5-3-2-4-11(12)13(17)16-10-6-8-15-9-7-10/h2-9,14H,1H3,(H,15,16,17). The van der Waals surface area contributed by atoms with Gasteiger partial charge in [0.1, 0.15) is 0 Å². The van der Waals surface area contributed by atoms with Crippen LogP contribution < -0.4 is 10.6 Å². The van der Waals surface area contributed by atoms with Crippen LogP contribution in [-0.4, -0.2) is 17.9 Å². The maximum atomic E-state index is 12.0. The molecule has 1 heterocycles. The molecule has 0 aliphatic carbocycles. The molecule has 0 bridgehead atoms. The van der Waals surface area contributed by atoms with Gasteiger partial charge >= 0.3 is 0 Å². The summed E-state index contributed by atoms with van der Waals surface area (Å²) in [5.74, 6) is -0.138. The first-order valence-corrected chi connectivity index (χ1v) is 5.29. The molecular weight excluding hydrogens is 214 g/mol. The van der Waals surface area contributed by atoms with Gasteiger partial charge in [0.05, 0.1) is 5.56 Å². The van der Waals surface area contributed by atoms with Crippen LogP contribution >= 0.6 is 0 Å². The van der Waals surface area contributed by atoms with Gasteiger partial charge in [-0.3, -0.25) is 9.78 Å². The Hall–Kier alpha value is -2.36. The molecule has 17 heavy (non-hydrogen) atoms. The van der Waals surface area contributed by atoms with E-state index in [1.807, 2.05) is 18.2 Å². The van der Waals surface area contributed by atoms with Gasteiger partial charge in [-0.1, -0.05) is 12.1 Å². The number of para-hydroxylation sites is 1. The van der Waals surface area contributed by atoms with Crippen molar-refractivity contribution in [1.82, 2.24) is 4.98 Å². The van der Waals surface area contributed by atoms with Crippen molar-refractivity contribution >= 4 is 17.3 Å². The van der Waals surface area contributed by atoms with Gasteiger partial charge in [-0.25, -0.2) is 0 Å². The molecule has 0 aliphatic rings. The van der Waals surface area contributed by atoms with Crippen molar-refractivity contribution in [3.63, 3.8) is 0 Å². The molecule has 0 radical (unpaired) electrons. The van der Waals surface area contributed by atoms with E-state index in [2.05, 4.69) is 15.6 Å². The lowest BCUT2D eigenvalue weighted by atomic mass is 10.1. The molecule has 0 unspecified atom stereocenters. The first-order valence-electron chi connectivity index (χ1n) is 5.29. The first-order chi connectivity index (χ1) is 8.31. The third kappa shape index (κ3) is 2.60. The zero-order chi connectivity index (χ0) is 12.1. The zero-order valence-electron chi connectivity index (χ0n) is 9.47. The van der Waals surface area contributed by atoms with E-state index in [0.717, 1.165) is 11.4 Å². The van der Waals surface area contributed by atoms with E-state index in [1.165, 1.54) is 0 Å². The summed E-state index contributed by atoms with van der Waals surface area (Å²) in [4.78, 5) is 15.9. The normalized spacial score (nSPS) is 9.71. The Bertz CT molecular complexity index is 511. The van der Waals surface area contributed by atoms with Gasteiger partial charge in [-0.2, -0.15) is 0 Å². The minimum atomic E-state index is -0.138. The zero-order valence-corrected chi connectivity index (χ0v) is 9.47. The minimum absolute atomic E-state index is 0.138. The van der Waals surface area contributed by atoms with E-state index in [4.69, 9.17) is 0 Å². The van der Waals surface area contributed by atoms with Crippen molar-refractivity contribution in [2.75, 3.05) is 17.7 Å². The van der Waals surface area contributed by atoms with E-state index in [0.29, 0.717) is 5.56 Å². The quantitative estimate of drug-likeness (QED) is 0.846. The van der Waals surface area contributed by atoms with E-state index in [-0.39, 0.29) is 5.91 Å². The predicted molar refractivity (Wildman–Crippen MR) is 68.2 cm³/mol. The van der Waals surface area contributed by atoms with Crippen LogP contribution in [0.5, 0.6) is 0 Å². The molecule has 4 heteroatoms. The molecule has 2 rings (SSSR count). The number of nitrogens with zero attached hydrogens (tertiary/aromatic N) is 1. The molecule has 1 aromatic heterocycles. The number of nitrogens with one attached hydrogen (secondary N) is 2. The fraction of sp³-hybridized carbons (Fsp3) is 0.0769. The van der Waals surface area contributed by atoms with Crippen LogP contribution in [0, 0.1) is 0 Å². The van der Waals surface area contributed by atoms with Crippen LogP contribution in [0.15, 0.2) is 48.8 Å². The molecule has 0 fully saturated rings. The molecule has 0 aliphatic heterocycles. The lowest BCUT2D eigenvalue weighted by Gasteiger charge is -2.09. The van der Waals surface area contributed by atoms with E-state index >= 15 is 0 Å². The fourth-order valence-corrected chi connectivity index (χ4v) is 1.53. The Labute approximate surface area is 99.7 Å². The summed E-state index contributed by atoms with van der Waals surface area (Å²) in [6.45, 7) is 0. The van der Waals surface area contributed by atoms with Crippen LogP contribution in [0.4, 0.5) is 11.4 Å². The summed E-state index contributed by atoms with van der Waals surface area (Å²) in [6.07, 6.45) is 3.28. The fourth-order valence-electron chi connectivity index (χ4n) is 1.53. The van der Waals surface area contributed by atoms with E-state index < -0.39 is 0 Å². The van der Waals surface area contributed by atoms with Crippen LogP contribution in [-0.2, 0) is 0 Å². The number of benzene rings is 1. The number of anilines is 2. The van der Waals surface area contributed by atoms with Crippen molar-refractivity contribution in [2.45, 2.75) is 0 Å². The number of carbonyl (C=O) groups excluding carboxylic acids is 1. The number of carbonyl (C=O) groups is 1. The summed E-state index contributed by atoms with van der Waals surface area (Å²) in [6, 6.07) is 10.9. The van der Waals surface area contributed by atoms with Gasteiger partial charge in [0.25, 0.3) is 5.91 Å². The third-order valence-electron chi connectivity index (χ3n) is 2.38. The molecule has 86 valence electrons. The van der Waals surface area contributed by atoms with Crippen LogP contribution in [0.2, 0.25) is 0 Å². The second kappa shape index (κ2) is 5.12. The number of hydrogen-bond donors (Lipinski definition) is 2. The Morgan fingerprint density at radius 2 is 1.82 bits per heavy atom. The van der Waals surface area contributed by atoms with Gasteiger partial charge < -0.3 is 10.6 Å². The van der Waals surface area contributed by atoms with E-state index in [1.54, 1.807) is 37.6 Å². The lowest BCUT2D eigenvalue weighted by molar-refractivity contribution is 0.102. The molecule has 0 atom stereocenters.